The molecule has 5 aromatic carbocycles. The van der Waals surface area contributed by atoms with Crippen LogP contribution in [0.3, 0.4) is 0 Å². The predicted molar refractivity (Wildman–Crippen MR) is 206 cm³/mol. The number of anilines is 1. The molecule has 50 heavy (non-hydrogen) atoms. The molecule has 1 fully saturated rings. The molecule has 5 aromatic rings. The summed E-state index contributed by atoms with van der Waals surface area (Å²) in [6.07, 6.45) is 1.81. The van der Waals surface area contributed by atoms with Gasteiger partial charge >= 0.3 is 0 Å². The van der Waals surface area contributed by atoms with E-state index in [0.717, 1.165) is 16.7 Å². The number of amidine groups is 1. The number of carbonyl (C=O) groups excluding carboxylic acids is 1. The smallest absolute Gasteiger partial charge is 0.271 e. The molecule has 6 rings (SSSR count). The van der Waals surface area contributed by atoms with Crippen LogP contribution in [-0.2, 0) is 18.0 Å². The Morgan fingerprint density at radius 1 is 0.780 bits per heavy atom. The largest absolute Gasteiger partial charge is 0.493 e. The molecule has 1 aliphatic heterocycles. The third-order valence-corrected chi connectivity index (χ3v) is 9.48. The summed E-state index contributed by atoms with van der Waals surface area (Å²) < 4.78 is 24.6. The van der Waals surface area contributed by atoms with Crippen molar-refractivity contribution in [3.05, 3.63) is 145 Å². The zero-order valence-corrected chi connectivity index (χ0v) is 31.0. The van der Waals surface area contributed by atoms with E-state index in [4.69, 9.17) is 47.1 Å². The molecule has 0 radical (unpaired) electrons. The van der Waals surface area contributed by atoms with Crippen LogP contribution in [-0.4, -0.2) is 24.8 Å². The van der Waals surface area contributed by atoms with Gasteiger partial charge in [-0.05, 0) is 130 Å². The molecule has 0 atom stereocenters. The highest BCUT2D eigenvalue weighted by molar-refractivity contribution is 9.10. The molecule has 0 spiro atoms. The maximum absolute atomic E-state index is 13.8. The lowest BCUT2D eigenvalue weighted by atomic mass is 10.1. The second kappa shape index (κ2) is 16.5. The van der Waals surface area contributed by atoms with Crippen molar-refractivity contribution in [1.29, 1.82) is 0 Å². The Hall–Kier alpha value is -4.41. The average Bonchev–Trinajstić information content (AvgIpc) is 3.42. The monoisotopic (exact) mass is 788 g/mol. The van der Waals surface area contributed by atoms with E-state index >= 15 is 0 Å². The molecule has 0 N–H and O–H groups in total. The number of halogens is 3. The highest BCUT2D eigenvalue weighted by Crippen LogP contribution is 2.41. The van der Waals surface area contributed by atoms with Crippen LogP contribution in [0.25, 0.3) is 6.08 Å². The van der Waals surface area contributed by atoms with Crippen LogP contribution >= 0.6 is 50.9 Å². The number of hydrogen-bond acceptors (Lipinski definition) is 7. The Balaban J connectivity index is 1.22. The van der Waals surface area contributed by atoms with Crippen LogP contribution < -0.4 is 23.8 Å². The lowest BCUT2D eigenvalue weighted by Gasteiger charge is -2.16. The van der Waals surface area contributed by atoms with Gasteiger partial charge in [-0.15, -0.1) is 0 Å². The molecule has 0 unspecified atom stereocenters. The van der Waals surface area contributed by atoms with E-state index in [2.05, 4.69) is 15.9 Å². The lowest BCUT2D eigenvalue weighted by Crippen LogP contribution is -2.28. The molecular weight excluding hydrogens is 759 g/mol. The van der Waals surface area contributed by atoms with E-state index in [1.54, 1.807) is 66.6 Å². The highest BCUT2D eigenvalue weighted by atomic mass is 79.9. The van der Waals surface area contributed by atoms with Gasteiger partial charge in [0.2, 0.25) is 0 Å². The van der Waals surface area contributed by atoms with Crippen LogP contribution in [0.15, 0.2) is 124 Å². The summed E-state index contributed by atoms with van der Waals surface area (Å²) in [5.74, 6) is 2.10. The van der Waals surface area contributed by atoms with Gasteiger partial charge in [0.1, 0.15) is 13.2 Å². The van der Waals surface area contributed by atoms with Gasteiger partial charge in [0.05, 0.1) is 34.5 Å². The van der Waals surface area contributed by atoms with Crippen LogP contribution in [0.1, 0.15) is 23.6 Å². The van der Waals surface area contributed by atoms with Gasteiger partial charge < -0.3 is 18.9 Å². The highest BCUT2D eigenvalue weighted by Gasteiger charge is 2.35. The number of methoxy groups -OCH3 is 1. The fraction of sp³-hybridized carbons (Fsp3) is 0.128. The summed E-state index contributed by atoms with van der Waals surface area (Å²) in [5, 5.41) is 1.67. The van der Waals surface area contributed by atoms with Crippen molar-refractivity contribution in [2.24, 2.45) is 4.99 Å². The van der Waals surface area contributed by atoms with E-state index in [1.165, 1.54) is 11.8 Å². The van der Waals surface area contributed by atoms with Gasteiger partial charge in [0.15, 0.2) is 28.2 Å². The third-order valence-electron chi connectivity index (χ3n) is 7.42. The van der Waals surface area contributed by atoms with Gasteiger partial charge in [0, 0.05) is 10.0 Å². The molecule has 1 saturated heterocycles. The molecule has 0 bridgehead atoms. The van der Waals surface area contributed by atoms with Crippen molar-refractivity contribution in [2.75, 3.05) is 18.6 Å². The van der Waals surface area contributed by atoms with E-state index in [-0.39, 0.29) is 12.5 Å². The molecule has 1 amide bonds. The molecular formula is C39H31BrCl2N2O5S. The Morgan fingerprint density at radius 2 is 1.48 bits per heavy atom. The molecule has 0 saturated carbocycles. The quantitative estimate of drug-likeness (QED) is 0.117. The van der Waals surface area contributed by atoms with E-state index in [9.17, 15) is 4.79 Å². The summed E-state index contributed by atoms with van der Waals surface area (Å²) >= 11 is 17.2. The number of benzene rings is 5. The van der Waals surface area contributed by atoms with E-state index in [1.807, 2.05) is 67.6 Å². The summed E-state index contributed by atoms with van der Waals surface area (Å²) in [4.78, 5) is 20.7. The molecule has 1 heterocycles. The molecule has 11 heteroatoms. The maximum Gasteiger partial charge on any atom is 0.271 e. The number of aliphatic imine (C=N–C) groups is 1. The number of hydrogen-bond donors (Lipinski definition) is 0. The zero-order chi connectivity index (χ0) is 35.0. The number of ether oxygens (including phenoxy) is 4. The van der Waals surface area contributed by atoms with Crippen molar-refractivity contribution in [1.82, 2.24) is 0 Å². The SMILES string of the molecule is CCOc1cc(COc2c(Br)cc(/C=C3/SC(=Nc4ccc(Cl)cc4)N(c4ccc(Cl)cc4)C3=O)cc2OC)ccc1OCc1ccccc1. The number of thioether (sulfide) groups is 1. The molecule has 0 aromatic heterocycles. The molecule has 7 nitrogen and oxygen atoms in total. The van der Waals surface area contributed by atoms with Gasteiger partial charge in [-0.2, -0.15) is 0 Å². The second-order valence-corrected chi connectivity index (χ2v) is 13.6. The van der Waals surface area contributed by atoms with Crippen molar-refractivity contribution in [3.63, 3.8) is 0 Å². The fourth-order valence-corrected chi connectivity index (χ4v) is 6.85. The minimum absolute atomic E-state index is 0.221. The Kier molecular flexibility index (Phi) is 11.7. The minimum atomic E-state index is -0.221. The standard InChI is InChI=1S/C39H31BrCl2N2O5S/c1-3-47-34-20-26(9-18-33(34)48-23-25-7-5-4-6-8-25)24-49-37-32(40)19-27(21-35(37)46-2)22-36-38(45)44(31-16-12-29(42)13-17-31)39(50-36)43-30-14-10-28(41)11-15-30/h4-22H,3,23-24H2,1-2H3/b36-22+,43-39?. The second-order valence-electron chi connectivity index (χ2n) is 10.9. The summed E-state index contributed by atoms with van der Waals surface area (Å²) in [5.41, 5.74) is 4.01. The first-order valence-corrected chi connectivity index (χ1v) is 17.9. The van der Waals surface area contributed by atoms with Crippen LogP contribution in [0.2, 0.25) is 10.0 Å². The maximum atomic E-state index is 13.8. The number of rotatable bonds is 12. The third kappa shape index (κ3) is 8.65. The normalized spacial score (nSPS) is 14.3. The van der Waals surface area contributed by atoms with Gasteiger partial charge in [-0.25, -0.2) is 4.99 Å². The Morgan fingerprint density at radius 3 is 2.18 bits per heavy atom. The van der Waals surface area contributed by atoms with Crippen LogP contribution in [0.4, 0.5) is 11.4 Å². The minimum Gasteiger partial charge on any atom is -0.493 e. The summed E-state index contributed by atoms with van der Waals surface area (Å²) in [6, 6.07) is 33.6. The molecule has 0 aliphatic carbocycles. The Bertz CT molecular complexity index is 2040. The number of carbonyl (C=O) groups is 1. The van der Waals surface area contributed by atoms with Crippen LogP contribution in [0, 0.1) is 0 Å². The van der Waals surface area contributed by atoms with Gasteiger partial charge in [-0.3, -0.25) is 9.69 Å². The van der Waals surface area contributed by atoms with Gasteiger partial charge in [0.25, 0.3) is 5.91 Å². The number of nitrogens with zero attached hydrogens (tertiary/aromatic N) is 2. The topological polar surface area (TPSA) is 69.6 Å². The predicted octanol–water partition coefficient (Wildman–Crippen LogP) is 11.1. The molecule has 254 valence electrons. The average molecular weight is 791 g/mol. The van der Waals surface area contributed by atoms with E-state index < -0.39 is 0 Å². The lowest BCUT2D eigenvalue weighted by molar-refractivity contribution is -0.113. The van der Waals surface area contributed by atoms with Crippen molar-refractivity contribution < 1.29 is 23.7 Å². The first kappa shape index (κ1) is 35.4. The number of amides is 1. The summed E-state index contributed by atoms with van der Waals surface area (Å²) in [6.45, 7) is 3.12. The van der Waals surface area contributed by atoms with Gasteiger partial charge in [-0.1, -0.05) is 59.6 Å². The van der Waals surface area contributed by atoms with E-state index in [0.29, 0.717) is 72.2 Å². The summed E-state index contributed by atoms with van der Waals surface area (Å²) in [7, 11) is 1.58. The zero-order valence-electron chi connectivity index (χ0n) is 27.1. The van der Waals surface area contributed by atoms with Crippen LogP contribution in [0.5, 0.6) is 23.0 Å². The van der Waals surface area contributed by atoms with Crippen molar-refractivity contribution in [2.45, 2.75) is 20.1 Å². The first-order valence-electron chi connectivity index (χ1n) is 15.6. The fourth-order valence-electron chi connectivity index (χ4n) is 5.03. The van der Waals surface area contributed by atoms with Crippen molar-refractivity contribution in [3.8, 4) is 23.0 Å². The molecule has 1 aliphatic rings. The Labute approximate surface area is 313 Å². The first-order chi connectivity index (χ1) is 24.3. The van der Waals surface area contributed by atoms with Crippen molar-refractivity contribution >= 4 is 79.4 Å².